The molecule has 2 aromatic carbocycles. The van der Waals surface area contributed by atoms with Crippen LogP contribution in [0.15, 0.2) is 42.5 Å². The van der Waals surface area contributed by atoms with Gasteiger partial charge in [-0.3, -0.25) is 9.59 Å². The molecular formula is C19H15F2NO5. The van der Waals surface area contributed by atoms with Crippen molar-refractivity contribution >= 4 is 23.3 Å². The van der Waals surface area contributed by atoms with Crippen LogP contribution >= 0.6 is 0 Å². The first-order valence-electron chi connectivity index (χ1n) is 8.05. The monoisotopic (exact) mass is 375 g/mol. The van der Waals surface area contributed by atoms with Crippen LogP contribution in [-0.2, 0) is 9.53 Å². The van der Waals surface area contributed by atoms with Crippen molar-refractivity contribution in [1.29, 1.82) is 0 Å². The number of benzene rings is 2. The van der Waals surface area contributed by atoms with E-state index in [0.717, 1.165) is 6.07 Å². The zero-order valence-corrected chi connectivity index (χ0v) is 14.2. The second kappa shape index (κ2) is 7.53. The lowest BCUT2D eigenvalue weighted by Gasteiger charge is -2.08. The first kappa shape index (κ1) is 18.5. The third kappa shape index (κ3) is 4.11. The van der Waals surface area contributed by atoms with Crippen LogP contribution in [0.1, 0.15) is 39.1 Å². The van der Waals surface area contributed by atoms with Gasteiger partial charge >= 0.3 is 12.6 Å². The van der Waals surface area contributed by atoms with Crippen molar-refractivity contribution in [3.8, 4) is 5.75 Å². The molecule has 1 amide bonds. The van der Waals surface area contributed by atoms with Gasteiger partial charge in [0.1, 0.15) is 5.75 Å². The fourth-order valence-corrected chi connectivity index (χ4v) is 2.69. The molecule has 0 spiro atoms. The van der Waals surface area contributed by atoms with Gasteiger partial charge < -0.3 is 14.8 Å². The predicted octanol–water partition coefficient (Wildman–Crippen LogP) is 3.38. The smallest absolute Gasteiger partial charge is 0.387 e. The highest BCUT2D eigenvalue weighted by Crippen LogP contribution is 2.32. The van der Waals surface area contributed by atoms with Gasteiger partial charge in [0.25, 0.3) is 0 Å². The SMILES string of the molecule is C[C@@H]1C(=O)Nc2ccc(C(=O)COC(=O)c3cccc(OC(F)F)c3)cc21. The van der Waals surface area contributed by atoms with E-state index in [1.165, 1.54) is 24.3 Å². The van der Waals surface area contributed by atoms with Crippen LogP contribution in [0.25, 0.3) is 0 Å². The fourth-order valence-electron chi connectivity index (χ4n) is 2.69. The Bertz CT molecular complexity index is 913. The van der Waals surface area contributed by atoms with Gasteiger partial charge in [-0.1, -0.05) is 6.07 Å². The van der Waals surface area contributed by atoms with E-state index in [0.29, 0.717) is 16.8 Å². The van der Waals surface area contributed by atoms with E-state index >= 15 is 0 Å². The van der Waals surface area contributed by atoms with E-state index in [2.05, 4.69) is 10.1 Å². The Balaban J connectivity index is 1.64. The number of nitrogens with one attached hydrogen (secondary N) is 1. The summed E-state index contributed by atoms with van der Waals surface area (Å²) in [6.45, 7) is -1.81. The first-order chi connectivity index (χ1) is 12.8. The maximum Gasteiger partial charge on any atom is 0.387 e. The van der Waals surface area contributed by atoms with E-state index in [-0.39, 0.29) is 23.1 Å². The van der Waals surface area contributed by atoms with Crippen LogP contribution in [0.4, 0.5) is 14.5 Å². The Kier molecular flexibility index (Phi) is 5.16. The van der Waals surface area contributed by atoms with Crippen LogP contribution in [0.5, 0.6) is 5.75 Å². The maximum atomic E-state index is 12.3. The van der Waals surface area contributed by atoms with Crippen LogP contribution in [0.3, 0.4) is 0 Å². The zero-order valence-electron chi connectivity index (χ0n) is 14.2. The Morgan fingerprint density at radius 2 is 1.93 bits per heavy atom. The number of fused-ring (bicyclic) bond motifs is 1. The summed E-state index contributed by atoms with van der Waals surface area (Å²) in [5, 5.41) is 2.70. The standard InChI is InChI=1S/C19H15F2NO5/c1-10-14-8-11(5-6-15(14)22-17(10)24)16(23)9-26-18(25)12-3-2-4-13(7-12)27-19(20)21/h2-8,10,19H,9H2,1H3,(H,22,24)/t10-/m0/s1. The van der Waals surface area contributed by atoms with Crippen molar-refractivity contribution in [2.45, 2.75) is 19.5 Å². The summed E-state index contributed by atoms with van der Waals surface area (Å²) in [7, 11) is 0. The summed E-state index contributed by atoms with van der Waals surface area (Å²) < 4.78 is 33.6. The first-order valence-corrected chi connectivity index (χ1v) is 8.05. The molecule has 0 fully saturated rings. The summed E-state index contributed by atoms with van der Waals surface area (Å²) in [6, 6.07) is 9.84. The molecule has 1 aliphatic rings. The molecule has 0 saturated carbocycles. The fraction of sp³-hybridized carbons (Fsp3) is 0.211. The Hall–Kier alpha value is -3.29. The molecule has 0 aromatic heterocycles. The normalized spacial score (nSPS) is 15.3. The molecule has 3 rings (SSSR count). The number of carbonyl (C=O) groups excluding carboxylic acids is 3. The molecule has 2 aromatic rings. The minimum absolute atomic E-state index is 0.0154. The number of Topliss-reactive ketones (excluding diaryl/α,β-unsaturated/α-hetero) is 1. The van der Waals surface area contributed by atoms with Gasteiger partial charge in [0.15, 0.2) is 12.4 Å². The van der Waals surface area contributed by atoms with E-state index < -0.39 is 25.0 Å². The lowest BCUT2D eigenvalue weighted by atomic mass is 9.99. The molecule has 8 heteroatoms. The molecule has 140 valence electrons. The van der Waals surface area contributed by atoms with E-state index in [1.807, 2.05) is 0 Å². The number of alkyl halides is 2. The van der Waals surface area contributed by atoms with Crippen molar-refractivity contribution in [2.24, 2.45) is 0 Å². The molecular weight excluding hydrogens is 360 g/mol. The Morgan fingerprint density at radius 1 is 1.15 bits per heavy atom. The minimum atomic E-state index is -3.01. The minimum Gasteiger partial charge on any atom is -0.454 e. The van der Waals surface area contributed by atoms with Crippen molar-refractivity contribution < 1.29 is 32.6 Å². The summed E-state index contributed by atoms with van der Waals surface area (Å²) in [5.74, 6) is -1.98. The number of anilines is 1. The molecule has 1 heterocycles. The number of amides is 1. The van der Waals surface area contributed by atoms with Crippen molar-refractivity contribution in [1.82, 2.24) is 0 Å². The van der Waals surface area contributed by atoms with E-state index in [1.54, 1.807) is 19.1 Å². The lowest BCUT2D eigenvalue weighted by molar-refractivity contribution is -0.116. The van der Waals surface area contributed by atoms with Gasteiger partial charge in [-0.15, -0.1) is 0 Å². The average Bonchev–Trinajstić information content (AvgIpc) is 2.92. The highest BCUT2D eigenvalue weighted by Gasteiger charge is 2.27. The van der Waals surface area contributed by atoms with Crippen LogP contribution in [-0.4, -0.2) is 30.9 Å². The number of carbonyl (C=O) groups is 3. The second-order valence-electron chi connectivity index (χ2n) is 5.92. The molecule has 0 radical (unpaired) electrons. The third-order valence-corrected chi connectivity index (χ3v) is 4.12. The van der Waals surface area contributed by atoms with Crippen LogP contribution < -0.4 is 10.1 Å². The summed E-state index contributed by atoms with van der Waals surface area (Å²) in [4.78, 5) is 36.0. The Morgan fingerprint density at radius 3 is 2.67 bits per heavy atom. The highest BCUT2D eigenvalue weighted by molar-refractivity contribution is 6.05. The molecule has 1 atom stereocenters. The van der Waals surface area contributed by atoms with Gasteiger partial charge in [-0.25, -0.2) is 4.79 Å². The lowest BCUT2D eigenvalue weighted by Crippen LogP contribution is -2.14. The molecule has 0 saturated heterocycles. The topological polar surface area (TPSA) is 81.7 Å². The van der Waals surface area contributed by atoms with Crippen LogP contribution in [0.2, 0.25) is 0 Å². The van der Waals surface area contributed by atoms with Gasteiger partial charge in [-0.05, 0) is 48.9 Å². The van der Waals surface area contributed by atoms with Crippen molar-refractivity contribution in [2.75, 3.05) is 11.9 Å². The third-order valence-electron chi connectivity index (χ3n) is 4.12. The maximum absolute atomic E-state index is 12.3. The number of hydrogen-bond acceptors (Lipinski definition) is 5. The molecule has 1 aliphatic heterocycles. The van der Waals surface area contributed by atoms with Gasteiger partial charge in [-0.2, -0.15) is 8.78 Å². The van der Waals surface area contributed by atoms with Crippen molar-refractivity contribution in [3.63, 3.8) is 0 Å². The number of esters is 1. The largest absolute Gasteiger partial charge is 0.454 e. The number of halogens is 2. The van der Waals surface area contributed by atoms with Crippen LogP contribution in [0, 0.1) is 0 Å². The molecule has 27 heavy (non-hydrogen) atoms. The number of rotatable bonds is 6. The quantitative estimate of drug-likeness (QED) is 0.618. The van der Waals surface area contributed by atoms with Crippen molar-refractivity contribution in [3.05, 3.63) is 59.2 Å². The summed E-state index contributed by atoms with van der Waals surface area (Å²) in [5.41, 5.74) is 1.64. The number of hydrogen-bond donors (Lipinski definition) is 1. The predicted molar refractivity (Wildman–Crippen MR) is 91.2 cm³/mol. The average molecular weight is 375 g/mol. The molecule has 0 aliphatic carbocycles. The molecule has 1 N–H and O–H groups in total. The molecule has 0 bridgehead atoms. The number of ether oxygens (including phenoxy) is 2. The summed E-state index contributed by atoms with van der Waals surface area (Å²) >= 11 is 0. The second-order valence-corrected chi connectivity index (χ2v) is 5.92. The zero-order chi connectivity index (χ0) is 19.6. The van der Waals surface area contributed by atoms with E-state index in [9.17, 15) is 23.2 Å². The summed E-state index contributed by atoms with van der Waals surface area (Å²) in [6.07, 6.45) is 0. The van der Waals surface area contributed by atoms with Gasteiger partial charge in [0, 0.05) is 11.3 Å². The van der Waals surface area contributed by atoms with E-state index in [4.69, 9.17) is 4.74 Å². The van der Waals surface area contributed by atoms with Gasteiger partial charge in [0.05, 0.1) is 11.5 Å². The molecule has 6 nitrogen and oxygen atoms in total. The highest BCUT2D eigenvalue weighted by atomic mass is 19.3. The Labute approximate surface area is 153 Å². The molecule has 0 unspecified atom stereocenters. The van der Waals surface area contributed by atoms with Gasteiger partial charge in [0.2, 0.25) is 5.91 Å². The number of ketones is 1.